The Morgan fingerprint density at radius 3 is 2.00 bits per heavy atom. The molecule has 94 valence electrons. The van der Waals surface area contributed by atoms with Gasteiger partial charge in [-0.1, -0.05) is 13.8 Å². The Balaban J connectivity index is 4.50. The smallest absolute Gasteiger partial charge is 0.406 e. The summed E-state index contributed by atoms with van der Waals surface area (Å²) in [6, 6.07) is 0. The molecule has 0 spiro atoms. The Morgan fingerprint density at radius 2 is 1.69 bits per heavy atom. The van der Waals surface area contributed by atoms with E-state index in [2.05, 4.69) is 0 Å². The number of carboxylic acid groups (broad SMARTS) is 1. The lowest BCUT2D eigenvalue weighted by molar-refractivity contribution is -0.163. The Bertz CT molecular complexity index is 278. The lowest BCUT2D eigenvalue weighted by Crippen LogP contribution is -2.41. The minimum Gasteiger partial charge on any atom is -0.481 e. The molecule has 0 aromatic rings. The van der Waals surface area contributed by atoms with Crippen LogP contribution in [0.5, 0.6) is 0 Å². The van der Waals surface area contributed by atoms with Crippen LogP contribution in [0.25, 0.3) is 0 Å². The number of carbonyl (C=O) groups is 2. The SMILES string of the molecule is CC(C(=O)O)C(C)C(=O)N(C)CC(F)(F)F. The summed E-state index contributed by atoms with van der Waals surface area (Å²) in [6.45, 7) is 1.21. The highest BCUT2D eigenvalue weighted by Crippen LogP contribution is 2.19. The average Bonchev–Trinajstić information content (AvgIpc) is 2.11. The molecule has 0 saturated carbocycles. The third kappa shape index (κ3) is 4.50. The van der Waals surface area contributed by atoms with Crippen LogP contribution in [0.15, 0.2) is 0 Å². The third-order valence-corrected chi connectivity index (χ3v) is 2.32. The highest BCUT2D eigenvalue weighted by molar-refractivity contribution is 5.84. The number of rotatable bonds is 4. The number of amides is 1. The van der Waals surface area contributed by atoms with Crippen LogP contribution < -0.4 is 0 Å². The van der Waals surface area contributed by atoms with Gasteiger partial charge in [0.15, 0.2) is 0 Å². The van der Waals surface area contributed by atoms with Gasteiger partial charge in [-0.2, -0.15) is 13.2 Å². The molecule has 4 nitrogen and oxygen atoms in total. The topological polar surface area (TPSA) is 57.6 Å². The summed E-state index contributed by atoms with van der Waals surface area (Å²) in [4.78, 5) is 22.5. The molecule has 0 aromatic heterocycles. The van der Waals surface area contributed by atoms with Gasteiger partial charge in [-0.3, -0.25) is 9.59 Å². The van der Waals surface area contributed by atoms with E-state index in [0.717, 1.165) is 7.05 Å². The van der Waals surface area contributed by atoms with E-state index in [1.54, 1.807) is 0 Å². The maximum atomic E-state index is 12.0. The molecule has 0 radical (unpaired) electrons. The van der Waals surface area contributed by atoms with Crippen molar-refractivity contribution >= 4 is 11.9 Å². The Morgan fingerprint density at radius 1 is 1.25 bits per heavy atom. The van der Waals surface area contributed by atoms with Gasteiger partial charge in [0.2, 0.25) is 5.91 Å². The fourth-order valence-corrected chi connectivity index (χ4v) is 1.12. The summed E-state index contributed by atoms with van der Waals surface area (Å²) in [6.07, 6.45) is -4.48. The van der Waals surface area contributed by atoms with Crippen molar-refractivity contribution < 1.29 is 27.9 Å². The molecule has 0 rings (SSSR count). The van der Waals surface area contributed by atoms with Crippen molar-refractivity contribution in [2.24, 2.45) is 11.8 Å². The highest BCUT2D eigenvalue weighted by atomic mass is 19.4. The molecular weight excluding hydrogens is 227 g/mol. The second-order valence-corrected chi connectivity index (χ2v) is 3.73. The zero-order chi connectivity index (χ0) is 13.1. The summed E-state index contributed by atoms with van der Waals surface area (Å²) in [5, 5.41) is 8.62. The van der Waals surface area contributed by atoms with Gasteiger partial charge in [-0.05, 0) is 0 Å². The largest absolute Gasteiger partial charge is 0.481 e. The van der Waals surface area contributed by atoms with Crippen molar-refractivity contribution in [3.63, 3.8) is 0 Å². The predicted octanol–water partition coefficient (Wildman–Crippen LogP) is 1.36. The van der Waals surface area contributed by atoms with E-state index in [4.69, 9.17) is 5.11 Å². The Labute approximate surface area is 91.0 Å². The average molecular weight is 241 g/mol. The van der Waals surface area contributed by atoms with Gasteiger partial charge >= 0.3 is 12.1 Å². The third-order valence-electron chi connectivity index (χ3n) is 2.32. The van der Waals surface area contributed by atoms with Crippen LogP contribution in [0.4, 0.5) is 13.2 Å². The lowest BCUT2D eigenvalue weighted by atomic mass is 9.95. The first-order chi connectivity index (χ1) is 7.06. The van der Waals surface area contributed by atoms with Crippen LogP contribution in [0.1, 0.15) is 13.8 Å². The number of alkyl halides is 3. The van der Waals surface area contributed by atoms with Crippen LogP contribution in [0.3, 0.4) is 0 Å². The molecule has 0 aliphatic heterocycles. The zero-order valence-electron chi connectivity index (χ0n) is 9.21. The van der Waals surface area contributed by atoms with E-state index in [-0.39, 0.29) is 0 Å². The van der Waals surface area contributed by atoms with Gasteiger partial charge < -0.3 is 10.0 Å². The summed E-state index contributed by atoms with van der Waals surface area (Å²) >= 11 is 0. The predicted molar refractivity (Wildman–Crippen MR) is 49.7 cm³/mol. The van der Waals surface area contributed by atoms with Gasteiger partial charge in [-0.15, -0.1) is 0 Å². The highest BCUT2D eigenvalue weighted by Gasteiger charge is 2.34. The number of hydrogen-bond donors (Lipinski definition) is 1. The van der Waals surface area contributed by atoms with E-state index >= 15 is 0 Å². The van der Waals surface area contributed by atoms with E-state index in [1.807, 2.05) is 0 Å². The standard InChI is InChI=1S/C9H14F3NO3/c1-5(6(2)8(15)16)7(14)13(3)4-9(10,11)12/h5-6H,4H2,1-3H3,(H,15,16). The molecule has 0 bridgehead atoms. The van der Waals surface area contributed by atoms with E-state index in [1.165, 1.54) is 13.8 Å². The zero-order valence-corrected chi connectivity index (χ0v) is 9.21. The molecule has 16 heavy (non-hydrogen) atoms. The molecule has 2 unspecified atom stereocenters. The van der Waals surface area contributed by atoms with E-state index < -0.39 is 36.4 Å². The van der Waals surface area contributed by atoms with Crippen molar-refractivity contribution in [2.45, 2.75) is 20.0 Å². The Kier molecular flexibility index (Phi) is 4.77. The van der Waals surface area contributed by atoms with E-state index in [9.17, 15) is 22.8 Å². The van der Waals surface area contributed by atoms with Gasteiger partial charge in [0.05, 0.1) is 5.92 Å². The molecule has 1 amide bonds. The van der Waals surface area contributed by atoms with Gasteiger partial charge in [0, 0.05) is 13.0 Å². The number of carbonyl (C=O) groups excluding carboxylic acids is 1. The molecule has 0 fully saturated rings. The fraction of sp³-hybridized carbons (Fsp3) is 0.778. The maximum Gasteiger partial charge on any atom is 0.406 e. The lowest BCUT2D eigenvalue weighted by Gasteiger charge is -2.24. The van der Waals surface area contributed by atoms with Crippen LogP contribution in [-0.2, 0) is 9.59 Å². The monoisotopic (exact) mass is 241 g/mol. The van der Waals surface area contributed by atoms with Gasteiger partial charge in [-0.25, -0.2) is 0 Å². The molecule has 0 saturated heterocycles. The van der Waals surface area contributed by atoms with Gasteiger partial charge in [0.25, 0.3) is 0 Å². The molecule has 0 heterocycles. The number of aliphatic carboxylic acids is 1. The van der Waals surface area contributed by atoms with Crippen molar-refractivity contribution in [1.29, 1.82) is 0 Å². The first kappa shape index (κ1) is 14.7. The number of halogens is 3. The quantitative estimate of drug-likeness (QED) is 0.808. The second-order valence-electron chi connectivity index (χ2n) is 3.73. The number of hydrogen-bond acceptors (Lipinski definition) is 2. The summed E-state index contributed by atoms with van der Waals surface area (Å²) in [5.74, 6) is -4.03. The van der Waals surface area contributed by atoms with Crippen LogP contribution >= 0.6 is 0 Å². The van der Waals surface area contributed by atoms with Crippen molar-refractivity contribution in [3.05, 3.63) is 0 Å². The second kappa shape index (κ2) is 5.18. The molecule has 2 atom stereocenters. The maximum absolute atomic E-state index is 12.0. The van der Waals surface area contributed by atoms with Crippen molar-refractivity contribution in [2.75, 3.05) is 13.6 Å². The van der Waals surface area contributed by atoms with Gasteiger partial charge in [0.1, 0.15) is 6.54 Å². The van der Waals surface area contributed by atoms with Crippen molar-refractivity contribution in [3.8, 4) is 0 Å². The van der Waals surface area contributed by atoms with Crippen LogP contribution in [0, 0.1) is 11.8 Å². The molecule has 0 aromatic carbocycles. The molecular formula is C9H14F3NO3. The normalized spacial score (nSPS) is 15.4. The fourth-order valence-electron chi connectivity index (χ4n) is 1.12. The number of carboxylic acids is 1. The minimum absolute atomic E-state index is 0.490. The molecule has 1 N–H and O–H groups in total. The van der Waals surface area contributed by atoms with Crippen LogP contribution in [0.2, 0.25) is 0 Å². The first-order valence-corrected chi connectivity index (χ1v) is 4.60. The summed E-state index contributed by atoms with van der Waals surface area (Å²) in [5.41, 5.74) is 0. The molecule has 0 aliphatic rings. The summed E-state index contributed by atoms with van der Waals surface area (Å²) in [7, 11) is 1.00. The van der Waals surface area contributed by atoms with Crippen molar-refractivity contribution in [1.82, 2.24) is 4.90 Å². The van der Waals surface area contributed by atoms with Crippen LogP contribution in [-0.4, -0.2) is 41.7 Å². The molecule has 7 heteroatoms. The summed E-state index contributed by atoms with van der Waals surface area (Å²) < 4.78 is 35.9. The Hall–Kier alpha value is -1.27. The minimum atomic E-state index is -4.48. The molecule has 0 aliphatic carbocycles. The van der Waals surface area contributed by atoms with E-state index in [0.29, 0.717) is 4.90 Å². The number of nitrogens with zero attached hydrogens (tertiary/aromatic N) is 1. The first-order valence-electron chi connectivity index (χ1n) is 4.60.